The zero-order valence-electron chi connectivity index (χ0n) is 14.5. The van der Waals surface area contributed by atoms with Crippen molar-refractivity contribution >= 4 is 17.8 Å². The molecule has 7 heteroatoms. The van der Waals surface area contributed by atoms with E-state index in [1.54, 1.807) is 12.1 Å². The molecule has 1 amide bonds. The Labute approximate surface area is 151 Å². The topological polar surface area (TPSA) is 93.8 Å². The van der Waals surface area contributed by atoms with Gasteiger partial charge in [-0.05, 0) is 25.3 Å². The number of nitro benzene ring substituents is 1. The highest BCUT2D eigenvalue weighted by molar-refractivity contribution is 5.80. The minimum absolute atomic E-state index is 0.0204. The molecule has 1 N–H and O–H groups in total. The Morgan fingerprint density at radius 2 is 2.04 bits per heavy atom. The maximum absolute atomic E-state index is 11.8. The first-order valence-electron chi connectivity index (χ1n) is 8.27. The van der Waals surface area contributed by atoms with Crippen molar-refractivity contribution in [3.63, 3.8) is 0 Å². The van der Waals surface area contributed by atoms with E-state index in [1.807, 2.05) is 25.1 Å². The fourth-order valence-corrected chi connectivity index (χ4v) is 2.33. The Bertz CT molecular complexity index is 762. The van der Waals surface area contributed by atoms with Crippen LogP contribution in [-0.4, -0.2) is 29.7 Å². The number of nitrogens with zero attached hydrogens (tertiary/aromatic N) is 2. The van der Waals surface area contributed by atoms with E-state index in [0.717, 1.165) is 12.8 Å². The lowest BCUT2D eigenvalue weighted by molar-refractivity contribution is -0.384. The van der Waals surface area contributed by atoms with Crippen molar-refractivity contribution in [3.8, 4) is 0 Å². The summed E-state index contributed by atoms with van der Waals surface area (Å²) in [5.74, 6) is -0.262. The highest BCUT2D eigenvalue weighted by atomic mass is 16.6. The van der Waals surface area contributed by atoms with E-state index in [2.05, 4.69) is 22.6 Å². The summed E-state index contributed by atoms with van der Waals surface area (Å²) in [6.07, 6.45) is 3.04. The van der Waals surface area contributed by atoms with Gasteiger partial charge < -0.3 is 10.2 Å². The van der Waals surface area contributed by atoms with Crippen LogP contribution in [0.3, 0.4) is 0 Å². The number of nitro groups is 1. The highest BCUT2D eigenvalue weighted by Gasteiger charge is 2.08. The molecule has 2 rings (SSSR count). The minimum Gasteiger partial charge on any atom is -0.386 e. The van der Waals surface area contributed by atoms with Crippen molar-refractivity contribution in [2.75, 3.05) is 6.61 Å². The molecule has 0 fully saturated rings. The van der Waals surface area contributed by atoms with Gasteiger partial charge in [0.05, 0.1) is 11.1 Å². The van der Waals surface area contributed by atoms with Gasteiger partial charge in [0.1, 0.15) is 0 Å². The smallest absolute Gasteiger partial charge is 0.270 e. The number of oxime groups is 1. The van der Waals surface area contributed by atoms with Crippen LogP contribution >= 0.6 is 0 Å². The number of benzene rings is 2. The quantitative estimate of drug-likeness (QED) is 0.425. The van der Waals surface area contributed by atoms with Gasteiger partial charge in [-0.25, -0.2) is 0 Å². The molecule has 0 aliphatic carbocycles. The van der Waals surface area contributed by atoms with Crippen molar-refractivity contribution in [3.05, 3.63) is 75.8 Å². The van der Waals surface area contributed by atoms with E-state index in [9.17, 15) is 14.9 Å². The average molecular weight is 355 g/mol. The van der Waals surface area contributed by atoms with E-state index < -0.39 is 4.92 Å². The lowest BCUT2D eigenvalue weighted by Crippen LogP contribution is -2.35. The van der Waals surface area contributed by atoms with E-state index >= 15 is 0 Å². The molecule has 2 aromatic rings. The molecule has 0 radical (unpaired) electrons. The molecular formula is C19H21N3O4. The zero-order valence-corrected chi connectivity index (χ0v) is 14.5. The third kappa shape index (κ3) is 6.72. The normalized spacial score (nSPS) is 11.9. The first-order chi connectivity index (χ1) is 12.5. The summed E-state index contributed by atoms with van der Waals surface area (Å²) in [6, 6.07) is 16.1. The van der Waals surface area contributed by atoms with Crippen LogP contribution in [0.2, 0.25) is 0 Å². The summed E-state index contributed by atoms with van der Waals surface area (Å²) in [4.78, 5) is 27.0. The third-order valence-corrected chi connectivity index (χ3v) is 3.67. The van der Waals surface area contributed by atoms with Crippen molar-refractivity contribution in [1.82, 2.24) is 5.32 Å². The maximum atomic E-state index is 11.8. The van der Waals surface area contributed by atoms with Crippen LogP contribution in [0.4, 0.5) is 5.69 Å². The van der Waals surface area contributed by atoms with Gasteiger partial charge in [-0.15, -0.1) is 0 Å². The Kier molecular flexibility index (Phi) is 7.30. The van der Waals surface area contributed by atoms with Crippen LogP contribution in [0.1, 0.15) is 24.5 Å². The molecule has 0 saturated heterocycles. The molecule has 0 spiro atoms. The Morgan fingerprint density at radius 1 is 1.27 bits per heavy atom. The molecule has 0 saturated carbocycles. The Morgan fingerprint density at radius 3 is 2.77 bits per heavy atom. The second kappa shape index (κ2) is 9.93. The Hall–Kier alpha value is -3.22. The molecule has 1 atom stereocenters. The molecule has 0 aliphatic heterocycles. The minimum atomic E-state index is -0.484. The first kappa shape index (κ1) is 19.1. The predicted octanol–water partition coefficient (Wildman–Crippen LogP) is 3.08. The van der Waals surface area contributed by atoms with Crippen LogP contribution in [0.25, 0.3) is 0 Å². The van der Waals surface area contributed by atoms with Crippen molar-refractivity contribution < 1.29 is 14.6 Å². The number of carbonyl (C=O) groups is 1. The average Bonchev–Trinajstić information content (AvgIpc) is 2.64. The van der Waals surface area contributed by atoms with Crippen LogP contribution < -0.4 is 5.32 Å². The van der Waals surface area contributed by atoms with Gasteiger partial charge in [0, 0.05) is 23.7 Å². The number of rotatable bonds is 9. The largest absolute Gasteiger partial charge is 0.386 e. The molecule has 7 nitrogen and oxygen atoms in total. The lowest BCUT2D eigenvalue weighted by Gasteiger charge is -2.13. The summed E-state index contributed by atoms with van der Waals surface area (Å²) in [5.41, 5.74) is 1.72. The number of nitrogens with one attached hydrogen (secondary N) is 1. The number of carbonyl (C=O) groups excluding carboxylic acids is 1. The van der Waals surface area contributed by atoms with Gasteiger partial charge in [-0.2, -0.15) is 0 Å². The standard InChI is InChI=1S/C19H21N3O4/c1-15(10-11-16-6-3-2-4-7-16)21-19(23)14-26-20-13-17-8-5-9-18(12-17)22(24)25/h2-9,12-13,15H,10-11,14H2,1H3,(H,21,23)/b20-13-/t15-/m1/s1. The zero-order chi connectivity index (χ0) is 18.8. The molecule has 0 unspecified atom stereocenters. The van der Waals surface area contributed by atoms with Gasteiger partial charge in [0.25, 0.3) is 11.6 Å². The van der Waals surface area contributed by atoms with E-state index in [0.29, 0.717) is 5.56 Å². The Balaban J connectivity index is 1.69. The number of aryl methyl sites for hydroxylation is 1. The lowest BCUT2D eigenvalue weighted by atomic mass is 10.1. The molecule has 0 aliphatic rings. The number of non-ortho nitro benzene ring substituents is 1. The summed E-state index contributed by atoms with van der Waals surface area (Å²) in [5, 5.41) is 17.2. The second-order valence-corrected chi connectivity index (χ2v) is 5.85. The second-order valence-electron chi connectivity index (χ2n) is 5.85. The molecule has 0 aromatic heterocycles. The predicted molar refractivity (Wildman–Crippen MR) is 99.0 cm³/mol. The van der Waals surface area contributed by atoms with Crippen molar-refractivity contribution in [1.29, 1.82) is 0 Å². The van der Waals surface area contributed by atoms with Gasteiger partial charge in [-0.1, -0.05) is 47.6 Å². The molecule has 0 bridgehead atoms. The van der Waals surface area contributed by atoms with Crippen LogP contribution in [0, 0.1) is 10.1 Å². The molecule has 0 heterocycles. The number of amides is 1. The summed E-state index contributed by atoms with van der Waals surface area (Å²) in [7, 11) is 0. The third-order valence-electron chi connectivity index (χ3n) is 3.67. The fraction of sp³-hybridized carbons (Fsp3) is 0.263. The summed E-state index contributed by atoms with van der Waals surface area (Å²) in [6.45, 7) is 1.73. The summed E-state index contributed by atoms with van der Waals surface area (Å²) < 4.78 is 0. The van der Waals surface area contributed by atoms with Gasteiger partial charge in [0.2, 0.25) is 0 Å². The van der Waals surface area contributed by atoms with E-state index in [1.165, 1.54) is 23.9 Å². The first-order valence-corrected chi connectivity index (χ1v) is 8.27. The molecule has 2 aromatic carbocycles. The van der Waals surface area contributed by atoms with Crippen LogP contribution in [-0.2, 0) is 16.1 Å². The highest BCUT2D eigenvalue weighted by Crippen LogP contribution is 2.11. The fourth-order valence-electron chi connectivity index (χ4n) is 2.33. The van der Waals surface area contributed by atoms with Crippen molar-refractivity contribution in [2.45, 2.75) is 25.8 Å². The van der Waals surface area contributed by atoms with Crippen molar-refractivity contribution in [2.24, 2.45) is 5.16 Å². The van der Waals surface area contributed by atoms with Gasteiger partial charge in [0.15, 0.2) is 6.61 Å². The van der Waals surface area contributed by atoms with E-state index in [4.69, 9.17) is 4.84 Å². The monoisotopic (exact) mass is 355 g/mol. The molecular weight excluding hydrogens is 334 g/mol. The number of hydrogen-bond acceptors (Lipinski definition) is 5. The summed E-state index contributed by atoms with van der Waals surface area (Å²) >= 11 is 0. The van der Waals surface area contributed by atoms with E-state index in [-0.39, 0.29) is 24.2 Å². The van der Waals surface area contributed by atoms with Gasteiger partial charge >= 0.3 is 0 Å². The molecule has 136 valence electrons. The van der Waals surface area contributed by atoms with Gasteiger partial charge in [-0.3, -0.25) is 14.9 Å². The molecule has 26 heavy (non-hydrogen) atoms. The number of hydrogen-bond donors (Lipinski definition) is 1. The van der Waals surface area contributed by atoms with Crippen LogP contribution in [0.5, 0.6) is 0 Å². The maximum Gasteiger partial charge on any atom is 0.270 e. The SMILES string of the molecule is C[C@H](CCc1ccccc1)NC(=O)CO/N=C\c1cccc([N+](=O)[O-])c1. The van der Waals surface area contributed by atoms with Crippen LogP contribution in [0.15, 0.2) is 59.8 Å².